The van der Waals surface area contributed by atoms with Gasteiger partial charge in [0.15, 0.2) is 11.4 Å². The quantitative estimate of drug-likeness (QED) is 0.801. The first-order valence-electron chi connectivity index (χ1n) is 5.60. The maximum atomic E-state index is 13.7. The average Bonchev–Trinajstić information content (AvgIpc) is 2.68. The minimum Gasteiger partial charge on any atom is -0.461 e. The zero-order valence-electron chi connectivity index (χ0n) is 9.64. The molecule has 86 valence electrons. The van der Waals surface area contributed by atoms with E-state index in [4.69, 9.17) is 4.42 Å². The number of nitrogens with one attached hydrogen (secondary N) is 1. The van der Waals surface area contributed by atoms with E-state index in [-0.39, 0.29) is 5.82 Å². The summed E-state index contributed by atoms with van der Waals surface area (Å²) in [6.07, 6.45) is 2.72. The number of furan rings is 1. The van der Waals surface area contributed by atoms with E-state index in [1.165, 1.54) is 0 Å². The van der Waals surface area contributed by atoms with Gasteiger partial charge in [-0.15, -0.1) is 0 Å². The molecule has 1 aromatic carbocycles. The van der Waals surface area contributed by atoms with E-state index in [9.17, 15) is 4.39 Å². The third-order valence-electron chi connectivity index (χ3n) is 2.70. The lowest BCUT2D eigenvalue weighted by Gasteiger charge is -2.01. The lowest BCUT2D eigenvalue weighted by atomic mass is 10.1. The van der Waals surface area contributed by atoms with Crippen molar-refractivity contribution < 1.29 is 8.81 Å². The molecule has 1 N–H and O–H groups in total. The highest BCUT2D eigenvalue weighted by molar-refractivity contribution is 5.82. The molecule has 0 bridgehead atoms. The summed E-state index contributed by atoms with van der Waals surface area (Å²) < 4.78 is 19.0. The van der Waals surface area contributed by atoms with Crippen LogP contribution in [0.25, 0.3) is 11.0 Å². The molecule has 0 aliphatic carbocycles. The molecule has 1 aromatic heterocycles. The first-order valence-corrected chi connectivity index (χ1v) is 5.60. The highest BCUT2D eigenvalue weighted by atomic mass is 19.1. The van der Waals surface area contributed by atoms with Crippen molar-refractivity contribution in [1.29, 1.82) is 0 Å². The minimum absolute atomic E-state index is 0.251. The van der Waals surface area contributed by atoms with Crippen molar-refractivity contribution in [2.45, 2.75) is 26.8 Å². The molecule has 0 saturated carbocycles. The average molecular weight is 221 g/mol. The van der Waals surface area contributed by atoms with Gasteiger partial charge in [0.1, 0.15) is 0 Å². The van der Waals surface area contributed by atoms with Gasteiger partial charge in [-0.05, 0) is 25.5 Å². The summed E-state index contributed by atoms with van der Waals surface area (Å²) in [6.45, 7) is 5.54. The highest BCUT2D eigenvalue weighted by Crippen LogP contribution is 2.25. The van der Waals surface area contributed by atoms with Crippen LogP contribution in [-0.4, -0.2) is 6.54 Å². The van der Waals surface area contributed by atoms with Gasteiger partial charge in [-0.25, -0.2) is 4.39 Å². The summed E-state index contributed by atoms with van der Waals surface area (Å²) in [5.41, 5.74) is 2.01. The Morgan fingerprint density at radius 3 is 2.94 bits per heavy atom. The second-order valence-electron chi connectivity index (χ2n) is 4.01. The fourth-order valence-corrected chi connectivity index (χ4v) is 1.75. The van der Waals surface area contributed by atoms with Crippen molar-refractivity contribution in [2.24, 2.45) is 0 Å². The number of hydrogen-bond acceptors (Lipinski definition) is 2. The van der Waals surface area contributed by atoms with E-state index in [1.807, 2.05) is 6.07 Å². The molecule has 0 aliphatic heterocycles. The standard InChI is InChI=1S/C13H16FNO/c1-3-6-15-7-10-8-16-13-11(10)5-4-9(2)12(13)14/h4-5,8,15H,3,6-7H2,1-2H3. The van der Waals surface area contributed by atoms with Gasteiger partial charge < -0.3 is 9.73 Å². The molecule has 1 heterocycles. The van der Waals surface area contributed by atoms with Gasteiger partial charge in [-0.3, -0.25) is 0 Å². The van der Waals surface area contributed by atoms with Crippen LogP contribution < -0.4 is 5.32 Å². The number of fused-ring (bicyclic) bond motifs is 1. The van der Waals surface area contributed by atoms with Crippen molar-refractivity contribution in [1.82, 2.24) is 5.32 Å². The van der Waals surface area contributed by atoms with E-state index >= 15 is 0 Å². The zero-order chi connectivity index (χ0) is 11.5. The minimum atomic E-state index is -0.251. The predicted octanol–water partition coefficient (Wildman–Crippen LogP) is 3.38. The Labute approximate surface area is 94.4 Å². The number of aryl methyl sites for hydroxylation is 1. The molecular formula is C13H16FNO. The van der Waals surface area contributed by atoms with Gasteiger partial charge >= 0.3 is 0 Å². The first kappa shape index (κ1) is 11.1. The molecule has 0 spiro atoms. The Kier molecular flexibility index (Phi) is 3.25. The molecule has 16 heavy (non-hydrogen) atoms. The van der Waals surface area contributed by atoms with Crippen molar-refractivity contribution in [3.05, 3.63) is 35.3 Å². The summed E-state index contributed by atoms with van der Waals surface area (Å²) >= 11 is 0. The second kappa shape index (κ2) is 4.66. The summed E-state index contributed by atoms with van der Waals surface area (Å²) in [6, 6.07) is 3.71. The van der Waals surface area contributed by atoms with Crippen molar-refractivity contribution in [3.63, 3.8) is 0 Å². The molecule has 2 nitrogen and oxygen atoms in total. The second-order valence-corrected chi connectivity index (χ2v) is 4.01. The van der Waals surface area contributed by atoms with Crippen LogP contribution in [0.1, 0.15) is 24.5 Å². The monoisotopic (exact) mass is 221 g/mol. The van der Waals surface area contributed by atoms with Crippen molar-refractivity contribution in [2.75, 3.05) is 6.54 Å². The van der Waals surface area contributed by atoms with Crippen LogP contribution in [0.15, 0.2) is 22.8 Å². The third kappa shape index (κ3) is 1.95. The van der Waals surface area contributed by atoms with Crippen molar-refractivity contribution in [3.8, 4) is 0 Å². The SMILES string of the molecule is CCCNCc1coc2c(F)c(C)ccc12. The van der Waals surface area contributed by atoms with E-state index in [0.29, 0.717) is 11.1 Å². The molecule has 0 amide bonds. The summed E-state index contributed by atoms with van der Waals surface area (Å²) in [7, 11) is 0. The summed E-state index contributed by atoms with van der Waals surface area (Å²) in [5, 5.41) is 4.15. The number of halogens is 1. The van der Waals surface area contributed by atoms with Crippen LogP contribution in [0.3, 0.4) is 0 Å². The molecule has 0 radical (unpaired) electrons. The normalized spacial score (nSPS) is 11.2. The third-order valence-corrected chi connectivity index (χ3v) is 2.70. The van der Waals surface area contributed by atoms with Crippen LogP contribution in [0.5, 0.6) is 0 Å². The highest BCUT2D eigenvalue weighted by Gasteiger charge is 2.11. The van der Waals surface area contributed by atoms with E-state index in [0.717, 1.165) is 30.5 Å². The lowest BCUT2D eigenvalue weighted by molar-refractivity contribution is 0.552. The number of benzene rings is 1. The largest absolute Gasteiger partial charge is 0.461 e. The van der Waals surface area contributed by atoms with Gasteiger partial charge in [0, 0.05) is 17.5 Å². The molecule has 0 saturated heterocycles. The molecule has 0 atom stereocenters. The Hall–Kier alpha value is -1.35. The molecule has 2 rings (SSSR count). The van der Waals surface area contributed by atoms with Gasteiger partial charge in [0.25, 0.3) is 0 Å². The molecule has 0 aliphatic rings. The van der Waals surface area contributed by atoms with Crippen LogP contribution >= 0.6 is 0 Å². The summed E-state index contributed by atoms with van der Waals surface area (Å²) in [5.74, 6) is -0.251. The molecule has 0 unspecified atom stereocenters. The van der Waals surface area contributed by atoms with Crippen LogP contribution in [0, 0.1) is 12.7 Å². The number of hydrogen-bond donors (Lipinski definition) is 1. The van der Waals surface area contributed by atoms with Crippen LogP contribution in [0.4, 0.5) is 4.39 Å². The fraction of sp³-hybridized carbons (Fsp3) is 0.385. The Balaban J connectivity index is 2.31. The van der Waals surface area contributed by atoms with Crippen LogP contribution in [0.2, 0.25) is 0 Å². The Bertz CT molecular complexity index is 490. The van der Waals surface area contributed by atoms with E-state index in [2.05, 4.69) is 12.2 Å². The maximum absolute atomic E-state index is 13.7. The van der Waals surface area contributed by atoms with Crippen LogP contribution in [-0.2, 0) is 6.54 Å². The maximum Gasteiger partial charge on any atom is 0.170 e. The predicted molar refractivity (Wildman–Crippen MR) is 62.9 cm³/mol. The van der Waals surface area contributed by atoms with Gasteiger partial charge in [-0.1, -0.05) is 19.1 Å². The lowest BCUT2D eigenvalue weighted by Crippen LogP contribution is -2.13. The smallest absolute Gasteiger partial charge is 0.170 e. The van der Waals surface area contributed by atoms with Gasteiger partial charge in [-0.2, -0.15) is 0 Å². The molecule has 2 aromatic rings. The number of rotatable bonds is 4. The Morgan fingerprint density at radius 1 is 1.38 bits per heavy atom. The van der Waals surface area contributed by atoms with Gasteiger partial charge in [0.2, 0.25) is 0 Å². The molecular weight excluding hydrogens is 205 g/mol. The van der Waals surface area contributed by atoms with Crippen molar-refractivity contribution >= 4 is 11.0 Å². The molecule has 3 heteroatoms. The molecule has 0 fully saturated rings. The first-order chi connectivity index (χ1) is 7.74. The van der Waals surface area contributed by atoms with Gasteiger partial charge in [0.05, 0.1) is 6.26 Å². The zero-order valence-corrected chi connectivity index (χ0v) is 9.64. The van der Waals surface area contributed by atoms with E-state index < -0.39 is 0 Å². The fourth-order valence-electron chi connectivity index (χ4n) is 1.75. The van der Waals surface area contributed by atoms with E-state index in [1.54, 1.807) is 19.3 Å². The summed E-state index contributed by atoms with van der Waals surface area (Å²) in [4.78, 5) is 0. The topological polar surface area (TPSA) is 25.2 Å². The Morgan fingerprint density at radius 2 is 2.19 bits per heavy atom.